The summed E-state index contributed by atoms with van der Waals surface area (Å²) in [5, 5.41) is 1.12. The molecular formula is C14H11Cl2NO. The summed E-state index contributed by atoms with van der Waals surface area (Å²) in [6.45, 7) is 1.96. The molecule has 0 aliphatic carbocycles. The first-order valence-corrected chi connectivity index (χ1v) is 6.21. The zero-order valence-corrected chi connectivity index (χ0v) is 11.3. The summed E-state index contributed by atoms with van der Waals surface area (Å²) in [6.07, 6.45) is 1.71. The second-order valence-electron chi connectivity index (χ2n) is 4.06. The molecule has 0 N–H and O–H groups in total. The Morgan fingerprint density at radius 2 is 2.00 bits per heavy atom. The van der Waals surface area contributed by atoms with Crippen LogP contribution in [0, 0.1) is 6.92 Å². The van der Waals surface area contributed by atoms with Crippen molar-refractivity contribution < 1.29 is 4.79 Å². The highest BCUT2D eigenvalue weighted by Crippen LogP contribution is 2.19. The lowest BCUT2D eigenvalue weighted by Gasteiger charge is -2.04. The molecule has 0 aliphatic rings. The van der Waals surface area contributed by atoms with Crippen LogP contribution in [0.3, 0.4) is 0 Å². The first-order valence-electron chi connectivity index (χ1n) is 5.46. The molecule has 0 aliphatic heterocycles. The van der Waals surface area contributed by atoms with E-state index in [2.05, 4.69) is 4.98 Å². The molecular weight excluding hydrogens is 269 g/mol. The van der Waals surface area contributed by atoms with Gasteiger partial charge in [-0.05, 0) is 36.2 Å². The third kappa shape index (κ3) is 3.09. The monoisotopic (exact) mass is 279 g/mol. The summed E-state index contributed by atoms with van der Waals surface area (Å²) in [6, 6.07) is 8.92. The van der Waals surface area contributed by atoms with Crippen LogP contribution in [0.1, 0.15) is 21.6 Å². The molecule has 2 aromatic rings. The average Bonchev–Trinajstić information content (AvgIpc) is 2.33. The number of aromatic nitrogens is 1. The Labute approximate surface area is 116 Å². The summed E-state index contributed by atoms with van der Waals surface area (Å²) in [5.41, 5.74) is 2.28. The van der Waals surface area contributed by atoms with Gasteiger partial charge in [0.1, 0.15) is 5.69 Å². The van der Waals surface area contributed by atoms with Gasteiger partial charge >= 0.3 is 0 Å². The predicted molar refractivity (Wildman–Crippen MR) is 73.5 cm³/mol. The lowest BCUT2D eigenvalue weighted by molar-refractivity contribution is 0.0988. The highest BCUT2D eigenvalue weighted by Gasteiger charge is 2.10. The molecule has 1 aromatic carbocycles. The highest BCUT2D eigenvalue weighted by atomic mass is 35.5. The number of benzene rings is 1. The number of hydrogen-bond acceptors (Lipinski definition) is 2. The van der Waals surface area contributed by atoms with Crippen molar-refractivity contribution in [1.82, 2.24) is 4.98 Å². The lowest BCUT2D eigenvalue weighted by atomic mass is 10.1. The second-order valence-corrected chi connectivity index (χ2v) is 4.90. The Morgan fingerprint density at radius 1 is 1.22 bits per heavy atom. The van der Waals surface area contributed by atoms with E-state index in [9.17, 15) is 4.79 Å². The predicted octanol–water partition coefficient (Wildman–Crippen LogP) is 4.12. The van der Waals surface area contributed by atoms with Crippen LogP contribution in [0.5, 0.6) is 0 Å². The molecule has 0 saturated carbocycles. The van der Waals surface area contributed by atoms with Gasteiger partial charge in [-0.2, -0.15) is 0 Å². The number of carbonyl (C=O) groups excluding carboxylic acids is 1. The minimum absolute atomic E-state index is 0.0718. The lowest BCUT2D eigenvalue weighted by Crippen LogP contribution is -2.06. The quantitative estimate of drug-likeness (QED) is 0.791. The summed E-state index contributed by atoms with van der Waals surface area (Å²) >= 11 is 11.8. The molecule has 1 heterocycles. The Kier molecular flexibility index (Phi) is 4.00. The van der Waals surface area contributed by atoms with Gasteiger partial charge in [0.2, 0.25) is 0 Å². The summed E-state index contributed by atoms with van der Waals surface area (Å²) in [4.78, 5) is 16.0. The van der Waals surface area contributed by atoms with Crippen molar-refractivity contribution >= 4 is 29.0 Å². The zero-order chi connectivity index (χ0) is 13.1. The molecule has 0 fully saturated rings. The smallest absolute Gasteiger partial charge is 0.185 e. The molecule has 0 saturated heterocycles. The second kappa shape index (κ2) is 5.51. The van der Waals surface area contributed by atoms with Crippen LogP contribution in [0.4, 0.5) is 0 Å². The van der Waals surface area contributed by atoms with Crippen LogP contribution in [0.2, 0.25) is 10.0 Å². The average molecular weight is 280 g/mol. The fourth-order valence-electron chi connectivity index (χ4n) is 1.60. The molecule has 0 amide bonds. The van der Waals surface area contributed by atoms with E-state index in [1.165, 1.54) is 6.20 Å². The first-order chi connectivity index (χ1) is 8.56. The normalized spacial score (nSPS) is 10.4. The third-order valence-corrected chi connectivity index (χ3v) is 3.15. The number of carbonyl (C=O) groups is 1. The minimum Gasteiger partial charge on any atom is -0.292 e. The van der Waals surface area contributed by atoms with Crippen molar-refractivity contribution in [2.75, 3.05) is 0 Å². The van der Waals surface area contributed by atoms with Gasteiger partial charge in [-0.15, -0.1) is 0 Å². The van der Waals surface area contributed by atoms with Crippen molar-refractivity contribution in [1.29, 1.82) is 0 Å². The van der Waals surface area contributed by atoms with Crippen LogP contribution in [-0.4, -0.2) is 10.8 Å². The summed E-state index contributed by atoms with van der Waals surface area (Å²) < 4.78 is 0. The van der Waals surface area contributed by atoms with Crippen LogP contribution in [-0.2, 0) is 6.42 Å². The fraction of sp³-hybridized carbons (Fsp3) is 0.143. The maximum absolute atomic E-state index is 12.0. The number of rotatable bonds is 3. The minimum atomic E-state index is -0.0718. The number of hydrogen-bond donors (Lipinski definition) is 0. The van der Waals surface area contributed by atoms with E-state index in [1.54, 1.807) is 12.1 Å². The third-order valence-electron chi connectivity index (χ3n) is 2.57. The van der Waals surface area contributed by atoms with Crippen molar-refractivity contribution in [2.24, 2.45) is 0 Å². The van der Waals surface area contributed by atoms with Gasteiger partial charge in [0.25, 0.3) is 0 Å². The first kappa shape index (κ1) is 13.1. The Hall–Kier alpha value is -1.38. The summed E-state index contributed by atoms with van der Waals surface area (Å²) in [5.74, 6) is -0.0718. The van der Waals surface area contributed by atoms with Crippen molar-refractivity contribution in [3.8, 4) is 0 Å². The number of ketones is 1. The molecule has 0 unspecified atom stereocenters. The molecule has 2 rings (SSSR count). The van der Waals surface area contributed by atoms with Crippen molar-refractivity contribution in [3.63, 3.8) is 0 Å². The van der Waals surface area contributed by atoms with Crippen molar-refractivity contribution in [3.05, 3.63) is 63.4 Å². The molecule has 18 heavy (non-hydrogen) atoms. The number of nitrogens with zero attached hydrogens (tertiary/aromatic N) is 1. The topological polar surface area (TPSA) is 30.0 Å². The van der Waals surface area contributed by atoms with Gasteiger partial charge in [0, 0.05) is 17.6 Å². The standard InChI is InChI=1S/C14H11Cl2NO/c1-9-2-3-10(12(16)6-9)7-14(18)13-5-4-11(15)8-17-13/h2-6,8H,7H2,1H3. The van der Waals surface area contributed by atoms with E-state index >= 15 is 0 Å². The molecule has 0 spiro atoms. The number of halogens is 2. The van der Waals surface area contributed by atoms with Crippen LogP contribution in [0.15, 0.2) is 36.5 Å². The largest absolute Gasteiger partial charge is 0.292 e. The molecule has 2 nitrogen and oxygen atoms in total. The maximum atomic E-state index is 12.0. The van der Waals surface area contributed by atoms with Gasteiger partial charge in [0.15, 0.2) is 5.78 Å². The Balaban J connectivity index is 2.18. The van der Waals surface area contributed by atoms with E-state index in [0.717, 1.165) is 11.1 Å². The fourth-order valence-corrected chi connectivity index (χ4v) is 2.01. The van der Waals surface area contributed by atoms with E-state index in [-0.39, 0.29) is 12.2 Å². The molecule has 4 heteroatoms. The van der Waals surface area contributed by atoms with Crippen LogP contribution in [0.25, 0.3) is 0 Å². The van der Waals surface area contributed by atoms with Gasteiger partial charge in [-0.1, -0.05) is 35.3 Å². The molecule has 0 atom stereocenters. The van der Waals surface area contributed by atoms with E-state index < -0.39 is 0 Å². The van der Waals surface area contributed by atoms with Gasteiger partial charge in [-0.3, -0.25) is 9.78 Å². The maximum Gasteiger partial charge on any atom is 0.185 e. The summed E-state index contributed by atoms with van der Waals surface area (Å²) in [7, 11) is 0. The van der Waals surface area contributed by atoms with Gasteiger partial charge < -0.3 is 0 Å². The van der Waals surface area contributed by atoms with E-state index in [1.807, 2.05) is 25.1 Å². The van der Waals surface area contributed by atoms with E-state index in [4.69, 9.17) is 23.2 Å². The van der Waals surface area contributed by atoms with Crippen LogP contribution >= 0.6 is 23.2 Å². The van der Waals surface area contributed by atoms with E-state index in [0.29, 0.717) is 15.7 Å². The van der Waals surface area contributed by atoms with Gasteiger partial charge in [0.05, 0.1) is 5.02 Å². The SMILES string of the molecule is Cc1ccc(CC(=O)c2ccc(Cl)cn2)c(Cl)c1. The molecule has 92 valence electrons. The Bertz CT molecular complexity index is 579. The Morgan fingerprint density at radius 3 is 2.61 bits per heavy atom. The van der Waals surface area contributed by atoms with Crippen LogP contribution < -0.4 is 0 Å². The number of pyridine rings is 1. The number of Topliss-reactive ketones (excluding diaryl/α,β-unsaturated/α-hetero) is 1. The molecule has 0 radical (unpaired) electrons. The zero-order valence-electron chi connectivity index (χ0n) is 9.78. The van der Waals surface area contributed by atoms with Gasteiger partial charge in [-0.25, -0.2) is 0 Å². The number of aryl methyl sites for hydroxylation is 1. The van der Waals surface area contributed by atoms with Crippen molar-refractivity contribution in [2.45, 2.75) is 13.3 Å². The molecule has 0 bridgehead atoms. The highest BCUT2D eigenvalue weighted by molar-refractivity contribution is 6.31. The molecule has 1 aromatic heterocycles.